The van der Waals surface area contributed by atoms with Gasteiger partial charge in [-0.2, -0.15) is 0 Å². The molecule has 0 aromatic heterocycles. The van der Waals surface area contributed by atoms with Crippen molar-refractivity contribution in [1.29, 1.82) is 0 Å². The second-order valence-electron chi connectivity index (χ2n) is 4.51. The molecule has 0 aliphatic carbocycles. The van der Waals surface area contributed by atoms with Gasteiger partial charge in [-0.05, 0) is 6.92 Å². The molecule has 0 amide bonds. The zero-order valence-electron chi connectivity index (χ0n) is 10.8. The summed E-state index contributed by atoms with van der Waals surface area (Å²) in [6.45, 7) is 8.40. The van der Waals surface area contributed by atoms with Crippen LogP contribution in [0.4, 0.5) is 0 Å². The van der Waals surface area contributed by atoms with Gasteiger partial charge in [0, 0.05) is 39.7 Å². The maximum absolute atomic E-state index is 5.76. The van der Waals surface area contributed by atoms with E-state index in [1.807, 2.05) is 6.92 Å². The molecule has 0 atom stereocenters. The molecule has 1 saturated heterocycles. The van der Waals surface area contributed by atoms with Gasteiger partial charge in [-0.3, -0.25) is 4.99 Å². The van der Waals surface area contributed by atoms with Crippen LogP contribution in [-0.4, -0.2) is 45.0 Å². The molecule has 3 N–H and O–H groups in total. The lowest BCUT2D eigenvalue weighted by Gasteiger charge is -2.34. The van der Waals surface area contributed by atoms with Crippen molar-refractivity contribution in [2.24, 2.45) is 10.7 Å². The van der Waals surface area contributed by atoms with Crippen molar-refractivity contribution in [1.82, 2.24) is 5.32 Å². The van der Waals surface area contributed by atoms with E-state index in [2.05, 4.69) is 16.9 Å². The Morgan fingerprint density at radius 3 is 2.71 bits per heavy atom. The third-order valence-electron chi connectivity index (χ3n) is 2.95. The largest absolute Gasteiger partial charge is 0.381 e. The second-order valence-corrected chi connectivity index (χ2v) is 4.51. The first-order valence-corrected chi connectivity index (χ1v) is 5.89. The number of hydrogen-bond acceptors (Lipinski definition) is 3. The van der Waals surface area contributed by atoms with Crippen molar-refractivity contribution in [2.45, 2.75) is 25.4 Å². The molecule has 1 aliphatic rings. The fraction of sp³-hybridized carbons (Fsp3) is 0.750. The summed E-state index contributed by atoms with van der Waals surface area (Å²) in [4.78, 5) is 4.32. The number of guanidine groups is 1. The fourth-order valence-electron chi connectivity index (χ4n) is 1.70. The summed E-state index contributed by atoms with van der Waals surface area (Å²) < 4.78 is 10.9. The van der Waals surface area contributed by atoms with E-state index in [0.29, 0.717) is 19.0 Å². The van der Waals surface area contributed by atoms with E-state index in [1.165, 1.54) is 0 Å². The van der Waals surface area contributed by atoms with Crippen molar-refractivity contribution in [3.05, 3.63) is 12.2 Å². The first kappa shape index (κ1) is 14.0. The van der Waals surface area contributed by atoms with E-state index in [9.17, 15) is 0 Å². The van der Waals surface area contributed by atoms with E-state index in [0.717, 1.165) is 31.6 Å². The van der Waals surface area contributed by atoms with Gasteiger partial charge in [-0.1, -0.05) is 12.2 Å². The summed E-state index contributed by atoms with van der Waals surface area (Å²) >= 11 is 0. The molecule has 0 saturated carbocycles. The Balaban J connectivity index is 2.44. The smallest absolute Gasteiger partial charge is 0.188 e. The van der Waals surface area contributed by atoms with Crippen LogP contribution in [0.5, 0.6) is 0 Å². The molecule has 1 aliphatic heterocycles. The summed E-state index contributed by atoms with van der Waals surface area (Å²) in [7, 11) is 1.72. The predicted molar refractivity (Wildman–Crippen MR) is 69.1 cm³/mol. The van der Waals surface area contributed by atoms with Crippen molar-refractivity contribution in [3.8, 4) is 0 Å². The highest BCUT2D eigenvalue weighted by molar-refractivity contribution is 5.78. The van der Waals surface area contributed by atoms with Gasteiger partial charge in [0.15, 0.2) is 5.96 Å². The molecule has 17 heavy (non-hydrogen) atoms. The minimum atomic E-state index is -0.215. The third kappa shape index (κ3) is 4.75. The van der Waals surface area contributed by atoms with Gasteiger partial charge in [-0.25, -0.2) is 0 Å². The number of rotatable bonds is 5. The minimum absolute atomic E-state index is 0.215. The lowest BCUT2D eigenvalue weighted by molar-refractivity contribution is -0.0828. The molecule has 0 radical (unpaired) electrons. The molecule has 1 rings (SSSR count). The van der Waals surface area contributed by atoms with Crippen LogP contribution >= 0.6 is 0 Å². The average molecular weight is 241 g/mol. The standard InChI is InChI=1S/C12H23N3O2/c1-10(2)8-14-11(13)15-9-12(16-3)4-6-17-7-5-12/h1,4-9H2,2-3H3,(H3,13,14,15). The van der Waals surface area contributed by atoms with Gasteiger partial charge in [0.25, 0.3) is 0 Å². The van der Waals surface area contributed by atoms with Crippen LogP contribution in [0.25, 0.3) is 0 Å². The molecular formula is C12H23N3O2. The number of nitrogens with zero attached hydrogens (tertiary/aromatic N) is 1. The number of nitrogens with two attached hydrogens (primary N) is 1. The van der Waals surface area contributed by atoms with E-state index in [1.54, 1.807) is 7.11 Å². The average Bonchev–Trinajstić information content (AvgIpc) is 2.35. The van der Waals surface area contributed by atoms with E-state index < -0.39 is 0 Å². The van der Waals surface area contributed by atoms with Crippen LogP contribution in [0.15, 0.2) is 17.1 Å². The summed E-state index contributed by atoms with van der Waals surface area (Å²) in [6, 6.07) is 0. The van der Waals surface area contributed by atoms with Gasteiger partial charge in [0.05, 0.1) is 12.1 Å². The molecular weight excluding hydrogens is 218 g/mol. The van der Waals surface area contributed by atoms with Gasteiger partial charge >= 0.3 is 0 Å². The number of methoxy groups -OCH3 is 1. The number of ether oxygens (including phenoxy) is 2. The summed E-state index contributed by atoms with van der Waals surface area (Å²) in [5.41, 5.74) is 6.57. The molecule has 5 nitrogen and oxygen atoms in total. The Bertz CT molecular complexity index is 283. The fourth-order valence-corrected chi connectivity index (χ4v) is 1.70. The van der Waals surface area contributed by atoms with Crippen molar-refractivity contribution >= 4 is 5.96 Å². The molecule has 0 unspecified atom stereocenters. The second kappa shape index (κ2) is 6.61. The molecule has 1 fully saturated rings. The van der Waals surface area contributed by atoms with E-state index >= 15 is 0 Å². The van der Waals surface area contributed by atoms with Crippen molar-refractivity contribution in [3.63, 3.8) is 0 Å². The number of hydrogen-bond donors (Lipinski definition) is 2. The van der Waals surface area contributed by atoms with Crippen molar-refractivity contribution < 1.29 is 9.47 Å². The van der Waals surface area contributed by atoms with Crippen LogP contribution in [0, 0.1) is 0 Å². The van der Waals surface area contributed by atoms with Crippen LogP contribution in [0.1, 0.15) is 19.8 Å². The molecule has 5 heteroatoms. The topological polar surface area (TPSA) is 68.9 Å². The molecule has 0 bridgehead atoms. The lowest BCUT2D eigenvalue weighted by atomic mass is 9.94. The predicted octanol–water partition coefficient (Wildman–Crippen LogP) is 0.662. The van der Waals surface area contributed by atoms with Crippen molar-refractivity contribution in [2.75, 3.05) is 33.4 Å². The number of nitrogens with one attached hydrogen (secondary N) is 1. The highest BCUT2D eigenvalue weighted by Crippen LogP contribution is 2.24. The molecule has 0 aromatic carbocycles. The van der Waals surface area contributed by atoms with Gasteiger partial charge in [0.1, 0.15) is 0 Å². The highest BCUT2D eigenvalue weighted by Gasteiger charge is 2.32. The summed E-state index contributed by atoms with van der Waals surface area (Å²) in [5, 5.41) is 3.00. The molecule has 0 aromatic rings. The Kier molecular flexibility index (Phi) is 5.44. The van der Waals surface area contributed by atoms with Gasteiger partial charge < -0.3 is 20.5 Å². The summed E-state index contributed by atoms with van der Waals surface area (Å²) in [5.74, 6) is 0.441. The van der Waals surface area contributed by atoms with Crippen LogP contribution in [-0.2, 0) is 9.47 Å². The van der Waals surface area contributed by atoms with Crippen LogP contribution in [0.3, 0.4) is 0 Å². The monoisotopic (exact) mass is 241 g/mol. The third-order valence-corrected chi connectivity index (χ3v) is 2.95. The maximum atomic E-state index is 5.76. The Morgan fingerprint density at radius 2 is 2.18 bits per heavy atom. The highest BCUT2D eigenvalue weighted by atomic mass is 16.5. The molecule has 1 heterocycles. The van der Waals surface area contributed by atoms with Gasteiger partial charge in [0.2, 0.25) is 0 Å². The van der Waals surface area contributed by atoms with E-state index in [-0.39, 0.29) is 5.60 Å². The zero-order valence-corrected chi connectivity index (χ0v) is 10.8. The molecule has 98 valence electrons. The van der Waals surface area contributed by atoms with Crippen LogP contribution in [0.2, 0.25) is 0 Å². The van der Waals surface area contributed by atoms with E-state index in [4.69, 9.17) is 15.2 Å². The Labute approximate surface area is 103 Å². The first-order valence-electron chi connectivity index (χ1n) is 5.89. The zero-order chi connectivity index (χ0) is 12.7. The maximum Gasteiger partial charge on any atom is 0.188 e. The quantitative estimate of drug-likeness (QED) is 0.421. The van der Waals surface area contributed by atoms with Crippen LogP contribution < -0.4 is 11.1 Å². The number of aliphatic imine (C=N–C) groups is 1. The lowest BCUT2D eigenvalue weighted by Crippen LogP contribution is -2.42. The van der Waals surface area contributed by atoms with Gasteiger partial charge in [-0.15, -0.1) is 0 Å². The Morgan fingerprint density at radius 1 is 1.53 bits per heavy atom. The SMILES string of the molecule is C=C(C)CNC(N)=NCC1(OC)CCOCC1. The Hall–Kier alpha value is -1.07. The first-order chi connectivity index (χ1) is 8.08. The molecule has 0 spiro atoms. The summed E-state index contributed by atoms with van der Waals surface area (Å²) in [6.07, 6.45) is 1.72. The normalized spacial score (nSPS) is 20.0. The minimum Gasteiger partial charge on any atom is -0.381 e.